The maximum atomic E-state index is 9.15. The third-order valence-electron chi connectivity index (χ3n) is 2.12. The molecule has 0 saturated carbocycles. The second-order valence-electron chi connectivity index (χ2n) is 3.53. The third kappa shape index (κ3) is 1.86. The van der Waals surface area contributed by atoms with Crippen LogP contribution >= 0.6 is 0 Å². The molecule has 0 bridgehead atoms. The van der Waals surface area contributed by atoms with Crippen molar-refractivity contribution in [1.82, 2.24) is 0 Å². The predicted octanol–water partition coefficient (Wildman–Crippen LogP) is 2.06. The van der Waals surface area contributed by atoms with Gasteiger partial charge in [0.15, 0.2) is 5.75 Å². The number of furan rings is 1. The Morgan fingerprint density at radius 3 is 2.94 bits per heavy atom. The number of nitriles is 1. The first-order valence-electron chi connectivity index (χ1n) is 4.95. The summed E-state index contributed by atoms with van der Waals surface area (Å²) >= 11 is 0. The maximum Gasteiger partial charge on any atom is 0.246 e. The lowest BCUT2D eigenvalue weighted by atomic mass is 10.2. The van der Waals surface area contributed by atoms with E-state index in [4.69, 9.17) is 19.5 Å². The van der Waals surface area contributed by atoms with Crippen LogP contribution in [0.5, 0.6) is 5.75 Å². The molecule has 4 nitrogen and oxygen atoms in total. The van der Waals surface area contributed by atoms with E-state index in [1.54, 1.807) is 13.0 Å². The smallest absolute Gasteiger partial charge is 0.246 e. The summed E-state index contributed by atoms with van der Waals surface area (Å²) in [6.45, 7) is 1.76. The Hall–Kier alpha value is -1.99. The fourth-order valence-corrected chi connectivity index (χ4v) is 1.44. The van der Waals surface area contributed by atoms with E-state index in [2.05, 4.69) is 0 Å². The predicted molar refractivity (Wildman–Crippen MR) is 58.1 cm³/mol. The Bertz CT molecular complexity index is 537. The summed E-state index contributed by atoms with van der Waals surface area (Å²) in [7, 11) is 0. The molecular formula is C12H11NO3. The monoisotopic (exact) mass is 217 g/mol. The fraction of sp³-hybridized carbons (Fsp3) is 0.250. The van der Waals surface area contributed by atoms with Crippen LogP contribution in [0.4, 0.5) is 0 Å². The van der Waals surface area contributed by atoms with Crippen LogP contribution in [0.25, 0.3) is 11.0 Å². The van der Waals surface area contributed by atoms with E-state index in [0.717, 1.165) is 5.39 Å². The summed E-state index contributed by atoms with van der Waals surface area (Å²) < 4.78 is 10.7. The summed E-state index contributed by atoms with van der Waals surface area (Å²) in [5, 5.41) is 18.8. The Labute approximate surface area is 92.7 Å². The summed E-state index contributed by atoms with van der Waals surface area (Å²) in [6.07, 6.45) is -0.583. The van der Waals surface area contributed by atoms with E-state index in [0.29, 0.717) is 11.3 Å². The molecular weight excluding hydrogens is 206 g/mol. The van der Waals surface area contributed by atoms with Crippen LogP contribution in [0.2, 0.25) is 0 Å². The molecule has 1 aromatic carbocycles. The van der Waals surface area contributed by atoms with Gasteiger partial charge in [-0.1, -0.05) is 12.1 Å². The fourth-order valence-electron chi connectivity index (χ4n) is 1.44. The molecule has 2 aromatic rings. The Kier molecular flexibility index (Phi) is 2.80. The van der Waals surface area contributed by atoms with Crippen molar-refractivity contribution in [2.24, 2.45) is 0 Å². The van der Waals surface area contributed by atoms with Crippen molar-refractivity contribution in [2.75, 3.05) is 6.61 Å². The summed E-state index contributed by atoms with van der Waals surface area (Å²) in [5.41, 5.74) is 0.611. The Morgan fingerprint density at radius 1 is 1.50 bits per heavy atom. The van der Waals surface area contributed by atoms with Crippen LogP contribution in [0, 0.1) is 11.3 Å². The summed E-state index contributed by atoms with van der Waals surface area (Å²) in [5.74, 6) is 0.542. The van der Waals surface area contributed by atoms with Crippen molar-refractivity contribution in [3.05, 3.63) is 30.0 Å². The van der Waals surface area contributed by atoms with Gasteiger partial charge in [0.2, 0.25) is 5.76 Å². The van der Waals surface area contributed by atoms with Crippen LogP contribution in [0.15, 0.2) is 28.7 Å². The van der Waals surface area contributed by atoms with Gasteiger partial charge in [-0.25, -0.2) is 0 Å². The Balaban J connectivity index is 2.44. The van der Waals surface area contributed by atoms with Gasteiger partial charge in [0.25, 0.3) is 0 Å². The molecule has 1 aromatic heterocycles. The molecule has 0 radical (unpaired) electrons. The van der Waals surface area contributed by atoms with E-state index in [1.165, 1.54) is 0 Å². The average Bonchev–Trinajstić information content (AvgIpc) is 2.64. The van der Waals surface area contributed by atoms with Gasteiger partial charge in [0.05, 0.1) is 11.5 Å². The number of benzene rings is 1. The van der Waals surface area contributed by atoms with Crippen LogP contribution in [0.1, 0.15) is 12.7 Å². The van der Waals surface area contributed by atoms with E-state index in [1.807, 2.05) is 24.3 Å². The largest absolute Gasteiger partial charge is 0.485 e. The first-order chi connectivity index (χ1) is 7.72. The summed E-state index contributed by atoms with van der Waals surface area (Å²) in [4.78, 5) is 0. The number of aliphatic hydroxyl groups is 1. The highest BCUT2D eigenvalue weighted by Crippen LogP contribution is 2.32. The lowest BCUT2D eigenvalue weighted by Gasteiger charge is -2.06. The highest BCUT2D eigenvalue weighted by Gasteiger charge is 2.15. The van der Waals surface area contributed by atoms with E-state index < -0.39 is 6.10 Å². The molecule has 2 rings (SSSR count). The molecule has 82 valence electrons. The third-order valence-corrected chi connectivity index (χ3v) is 2.12. The zero-order valence-corrected chi connectivity index (χ0v) is 8.80. The maximum absolute atomic E-state index is 9.15. The second kappa shape index (κ2) is 4.25. The first kappa shape index (κ1) is 10.5. The second-order valence-corrected chi connectivity index (χ2v) is 3.53. The molecule has 0 saturated heterocycles. The normalized spacial score (nSPS) is 12.3. The standard InChI is InChI=1S/C12H11NO3/c1-8(14)7-15-12-9-4-2-3-5-10(9)16-11(12)6-13/h2-5,8,14H,7H2,1H3. The van der Waals surface area contributed by atoms with Crippen LogP contribution in [-0.4, -0.2) is 17.8 Å². The minimum Gasteiger partial charge on any atom is -0.485 e. The molecule has 0 spiro atoms. The van der Waals surface area contributed by atoms with Crippen LogP contribution < -0.4 is 4.74 Å². The molecule has 1 unspecified atom stereocenters. The molecule has 16 heavy (non-hydrogen) atoms. The zero-order chi connectivity index (χ0) is 11.5. The van der Waals surface area contributed by atoms with Crippen molar-refractivity contribution < 1.29 is 14.3 Å². The average molecular weight is 217 g/mol. The molecule has 1 atom stereocenters. The minimum absolute atomic E-state index is 0.137. The molecule has 1 N–H and O–H groups in total. The summed E-state index contributed by atoms with van der Waals surface area (Å²) in [6, 6.07) is 9.19. The Morgan fingerprint density at radius 2 is 2.25 bits per heavy atom. The number of hydrogen-bond acceptors (Lipinski definition) is 4. The van der Waals surface area contributed by atoms with Crippen LogP contribution in [-0.2, 0) is 0 Å². The van der Waals surface area contributed by atoms with E-state index in [-0.39, 0.29) is 12.4 Å². The topological polar surface area (TPSA) is 66.4 Å². The highest BCUT2D eigenvalue weighted by molar-refractivity contribution is 5.86. The number of ether oxygens (including phenoxy) is 1. The molecule has 0 aliphatic carbocycles. The lowest BCUT2D eigenvalue weighted by molar-refractivity contribution is 0.123. The van der Waals surface area contributed by atoms with Gasteiger partial charge < -0.3 is 14.3 Å². The van der Waals surface area contributed by atoms with E-state index >= 15 is 0 Å². The number of nitrogens with zero attached hydrogens (tertiary/aromatic N) is 1. The number of hydrogen-bond donors (Lipinski definition) is 1. The van der Waals surface area contributed by atoms with E-state index in [9.17, 15) is 0 Å². The molecule has 4 heteroatoms. The molecule has 0 aliphatic rings. The van der Waals surface area contributed by atoms with Crippen molar-refractivity contribution in [3.63, 3.8) is 0 Å². The van der Waals surface area contributed by atoms with Gasteiger partial charge in [-0.15, -0.1) is 0 Å². The quantitative estimate of drug-likeness (QED) is 0.854. The number of aliphatic hydroxyl groups excluding tert-OH is 1. The number of para-hydroxylation sites is 1. The number of rotatable bonds is 3. The van der Waals surface area contributed by atoms with Gasteiger partial charge >= 0.3 is 0 Å². The highest BCUT2D eigenvalue weighted by atomic mass is 16.5. The molecule has 0 fully saturated rings. The zero-order valence-electron chi connectivity index (χ0n) is 8.80. The van der Waals surface area contributed by atoms with Gasteiger partial charge in [0.1, 0.15) is 18.3 Å². The van der Waals surface area contributed by atoms with Gasteiger partial charge in [-0.05, 0) is 19.1 Å². The van der Waals surface area contributed by atoms with Crippen molar-refractivity contribution in [2.45, 2.75) is 13.0 Å². The molecule has 1 heterocycles. The first-order valence-corrected chi connectivity index (χ1v) is 4.95. The van der Waals surface area contributed by atoms with Crippen molar-refractivity contribution >= 4 is 11.0 Å². The van der Waals surface area contributed by atoms with Crippen molar-refractivity contribution in [3.8, 4) is 11.8 Å². The van der Waals surface area contributed by atoms with Crippen LogP contribution in [0.3, 0.4) is 0 Å². The van der Waals surface area contributed by atoms with Gasteiger partial charge in [0, 0.05) is 0 Å². The minimum atomic E-state index is -0.583. The van der Waals surface area contributed by atoms with Gasteiger partial charge in [-0.2, -0.15) is 5.26 Å². The lowest BCUT2D eigenvalue weighted by Crippen LogP contribution is -2.12. The molecule has 0 amide bonds. The van der Waals surface area contributed by atoms with Gasteiger partial charge in [-0.3, -0.25) is 0 Å². The molecule has 0 aliphatic heterocycles. The SMILES string of the molecule is CC(O)COc1c(C#N)oc2ccccc12. The number of fused-ring (bicyclic) bond motifs is 1. The van der Waals surface area contributed by atoms with Crippen molar-refractivity contribution in [1.29, 1.82) is 5.26 Å².